The van der Waals surface area contributed by atoms with Gasteiger partial charge in [0.1, 0.15) is 5.82 Å². The molecular formula is C14H11F2NO4. The molecule has 21 heavy (non-hydrogen) atoms. The number of aliphatic hydroxyl groups is 1. The molecule has 0 radical (unpaired) electrons. The van der Waals surface area contributed by atoms with E-state index in [1.807, 2.05) is 0 Å². The first-order chi connectivity index (χ1) is 9.88. The average molecular weight is 295 g/mol. The van der Waals surface area contributed by atoms with Crippen LogP contribution < -0.4 is 4.74 Å². The van der Waals surface area contributed by atoms with Crippen LogP contribution in [0.2, 0.25) is 0 Å². The third-order valence-electron chi connectivity index (χ3n) is 2.78. The summed E-state index contributed by atoms with van der Waals surface area (Å²) < 4.78 is 31.6. The zero-order valence-electron chi connectivity index (χ0n) is 10.9. The van der Waals surface area contributed by atoms with Gasteiger partial charge in [-0.1, -0.05) is 6.07 Å². The summed E-state index contributed by atoms with van der Waals surface area (Å²) in [6, 6.07) is 6.32. The number of ether oxygens (including phenoxy) is 1. The SMILES string of the molecule is C[C@@H](O)c1ccc(Oc2cc(F)ccc2F)c([N+](=O)[O-])c1. The Balaban J connectivity index is 2.44. The van der Waals surface area contributed by atoms with Crippen molar-refractivity contribution in [1.29, 1.82) is 0 Å². The van der Waals surface area contributed by atoms with Gasteiger partial charge in [0.2, 0.25) is 5.75 Å². The number of aliphatic hydroxyl groups excluding tert-OH is 1. The Morgan fingerprint density at radius 2 is 1.90 bits per heavy atom. The second kappa shape index (κ2) is 5.84. The average Bonchev–Trinajstić information content (AvgIpc) is 2.42. The second-order valence-corrected chi connectivity index (χ2v) is 4.34. The van der Waals surface area contributed by atoms with Crippen LogP contribution >= 0.6 is 0 Å². The van der Waals surface area contributed by atoms with E-state index >= 15 is 0 Å². The monoisotopic (exact) mass is 295 g/mol. The summed E-state index contributed by atoms with van der Waals surface area (Å²) in [5, 5.41) is 20.4. The summed E-state index contributed by atoms with van der Waals surface area (Å²) in [4.78, 5) is 10.3. The normalized spacial score (nSPS) is 12.0. The molecule has 0 spiro atoms. The van der Waals surface area contributed by atoms with Gasteiger partial charge in [0.15, 0.2) is 11.6 Å². The molecule has 0 aliphatic carbocycles. The van der Waals surface area contributed by atoms with E-state index in [1.165, 1.54) is 19.1 Å². The molecule has 0 bridgehead atoms. The number of rotatable bonds is 4. The highest BCUT2D eigenvalue weighted by Gasteiger charge is 2.19. The van der Waals surface area contributed by atoms with Gasteiger partial charge in [-0.15, -0.1) is 0 Å². The molecule has 2 aromatic carbocycles. The number of nitro groups is 1. The minimum Gasteiger partial charge on any atom is -0.447 e. The maximum Gasteiger partial charge on any atom is 0.311 e. The standard InChI is InChI=1S/C14H11F2NO4/c1-8(18)9-2-5-13(12(6-9)17(19)20)21-14-7-10(15)3-4-11(14)16/h2-8,18H,1H3/t8-/m1/s1. The first kappa shape index (κ1) is 14.9. The van der Waals surface area contributed by atoms with Crippen molar-refractivity contribution in [2.24, 2.45) is 0 Å². The molecule has 0 aliphatic heterocycles. The van der Waals surface area contributed by atoms with E-state index in [2.05, 4.69) is 0 Å². The Morgan fingerprint density at radius 3 is 2.52 bits per heavy atom. The lowest BCUT2D eigenvalue weighted by Gasteiger charge is -2.10. The number of nitrogens with zero attached hydrogens (tertiary/aromatic N) is 1. The predicted octanol–water partition coefficient (Wildman–Crippen LogP) is 3.72. The van der Waals surface area contributed by atoms with Gasteiger partial charge in [-0.3, -0.25) is 10.1 Å². The Labute approximate surface area is 118 Å². The minimum absolute atomic E-state index is 0.242. The number of nitro benzene ring substituents is 1. The van der Waals surface area contributed by atoms with Crippen LogP contribution in [0.5, 0.6) is 11.5 Å². The van der Waals surface area contributed by atoms with E-state index in [9.17, 15) is 24.0 Å². The van der Waals surface area contributed by atoms with Crippen molar-refractivity contribution in [1.82, 2.24) is 0 Å². The van der Waals surface area contributed by atoms with Crippen LogP contribution in [0.15, 0.2) is 36.4 Å². The molecule has 0 aromatic heterocycles. The molecule has 2 aromatic rings. The van der Waals surface area contributed by atoms with E-state index < -0.39 is 34.1 Å². The Morgan fingerprint density at radius 1 is 1.19 bits per heavy atom. The van der Waals surface area contributed by atoms with Crippen LogP contribution in [0.25, 0.3) is 0 Å². The quantitative estimate of drug-likeness (QED) is 0.689. The van der Waals surface area contributed by atoms with Crippen LogP contribution in [0, 0.1) is 21.7 Å². The summed E-state index contributed by atoms with van der Waals surface area (Å²) >= 11 is 0. The molecule has 1 N–H and O–H groups in total. The number of hydrogen-bond donors (Lipinski definition) is 1. The van der Waals surface area contributed by atoms with Gasteiger partial charge in [0, 0.05) is 12.1 Å². The van der Waals surface area contributed by atoms with Crippen molar-refractivity contribution in [3.8, 4) is 11.5 Å². The van der Waals surface area contributed by atoms with E-state index in [0.717, 1.165) is 24.3 Å². The third kappa shape index (κ3) is 3.32. The molecular weight excluding hydrogens is 284 g/mol. The van der Waals surface area contributed by atoms with Crippen LogP contribution in [-0.2, 0) is 0 Å². The van der Waals surface area contributed by atoms with Gasteiger partial charge in [-0.25, -0.2) is 8.78 Å². The maximum absolute atomic E-state index is 13.5. The molecule has 2 rings (SSSR count). The van der Waals surface area contributed by atoms with E-state index in [1.54, 1.807) is 0 Å². The van der Waals surface area contributed by atoms with Gasteiger partial charge >= 0.3 is 5.69 Å². The molecule has 7 heteroatoms. The van der Waals surface area contributed by atoms with Crippen molar-refractivity contribution >= 4 is 5.69 Å². The molecule has 110 valence electrons. The molecule has 1 atom stereocenters. The lowest BCUT2D eigenvalue weighted by Crippen LogP contribution is -1.98. The van der Waals surface area contributed by atoms with E-state index in [-0.39, 0.29) is 5.75 Å². The Bertz CT molecular complexity index is 689. The van der Waals surface area contributed by atoms with Crippen molar-refractivity contribution < 1.29 is 23.5 Å². The summed E-state index contributed by atoms with van der Waals surface area (Å²) in [5.41, 5.74) is -0.133. The summed E-state index contributed by atoms with van der Waals surface area (Å²) in [7, 11) is 0. The zero-order valence-corrected chi connectivity index (χ0v) is 10.9. The summed E-state index contributed by atoms with van der Waals surface area (Å²) in [6.45, 7) is 1.45. The van der Waals surface area contributed by atoms with Gasteiger partial charge in [-0.2, -0.15) is 0 Å². The first-order valence-corrected chi connectivity index (χ1v) is 5.98. The molecule has 0 amide bonds. The molecule has 5 nitrogen and oxygen atoms in total. The largest absolute Gasteiger partial charge is 0.447 e. The fourth-order valence-corrected chi connectivity index (χ4v) is 1.70. The summed E-state index contributed by atoms with van der Waals surface area (Å²) in [5.74, 6) is -2.27. The molecule has 0 fully saturated rings. The number of halogens is 2. The van der Waals surface area contributed by atoms with Crippen LogP contribution in [0.4, 0.5) is 14.5 Å². The highest BCUT2D eigenvalue weighted by Crippen LogP contribution is 2.34. The van der Waals surface area contributed by atoms with Crippen molar-refractivity contribution in [3.05, 3.63) is 63.7 Å². The Hall–Kier alpha value is -2.54. The van der Waals surface area contributed by atoms with Gasteiger partial charge < -0.3 is 9.84 Å². The lowest BCUT2D eigenvalue weighted by atomic mass is 10.1. The highest BCUT2D eigenvalue weighted by molar-refractivity contribution is 5.51. The van der Waals surface area contributed by atoms with Crippen molar-refractivity contribution in [2.75, 3.05) is 0 Å². The second-order valence-electron chi connectivity index (χ2n) is 4.34. The van der Waals surface area contributed by atoms with E-state index in [0.29, 0.717) is 5.56 Å². The molecule has 0 saturated heterocycles. The maximum atomic E-state index is 13.5. The van der Waals surface area contributed by atoms with Gasteiger partial charge in [0.25, 0.3) is 0 Å². The van der Waals surface area contributed by atoms with E-state index in [4.69, 9.17) is 4.74 Å². The fourth-order valence-electron chi connectivity index (χ4n) is 1.70. The number of benzene rings is 2. The number of hydrogen-bond acceptors (Lipinski definition) is 4. The topological polar surface area (TPSA) is 72.6 Å². The van der Waals surface area contributed by atoms with Gasteiger partial charge in [0.05, 0.1) is 11.0 Å². The molecule has 0 saturated carbocycles. The Kier molecular flexibility index (Phi) is 4.13. The van der Waals surface area contributed by atoms with Crippen LogP contribution in [0.1, 0.15) is 18.6 Å². The van der Waals surface area contributed by atoms with Gasteiger partial charge in [-0.05, 0) is 30.7 Å². The first-order valence-electron chi connectivity index (χ1n) is 5.98. The minimum atomic E-state index is -0.899. The smallest absolute Gasteiger partial charge is 0.311 e. The molecule has 0 unspecified atom stereocenters. The molecule has 0 aliphatic rings. The summed E-state index contributed by atoms with van der Waals surface area (Å²) in [6.07, 6.45) is -0.899. The zero-order chi connectivity index (χ0) is 15.6. The highest BCUT2D eigenvalue weighted by atomic mass is 19.1. The van der Waals surface area contributed by atoms with Crippen LogP contribution in [0.3, 0.4) is 0 Å². The van der Waals surface area contributed by atoms with Crippen molar-refractivity contribution in [2.45, 2.75) is 13.0 Å². The predicted molar refractivity (Wildman–Crippen MR) is 70.2 cm³/mol. The lowest BCUT2D eigenvalue weighted by molar-refractivity contribution is -0.385. The third-order valence-corrected chi connectivity index (χ3v) is 2.78. The van der Waals surface area contributed by atoms with Crippen LogP contribution in [-0.4, -0.2) is 10.0 Å². The van der Waals surface area contributed by atoms with Crippen molar-refractivity contribution in [3.63, 3.8) is 0 Å². The fraction of sp³-hybridized carbons (Fsp3) is 0.143. The molecule has 0 heterocycles.